The fraction of sp³-hybridized carbons (Fsp3) is 0.571. The van der Waals surface area contributed by atoms with Gasteiger partial charge in [-0.2, -0.15) is 5.06 Å². The maximum Gasteiger partial charge on any atom is 0.307 e. The van der Waals surface area contributed by atoms with Crippen LogP contribution in [0.15, 0.2) is 48.5 Å². The summed E-state index contributed by atoms with van der Waals surface area (Å²) in [4.78, 5) is 44.2. The molecule has 4 fully saturated rings. The number of esters is 1. The van der Waals surface area contributed by atoms with E-state index in [9.17, 15) is 19.5 Å². The second-order valence-electron chi connectivity index (χ2n) is 13.6. The highest BCUT2D eigenvalue weighted by Gasteiger charge is 2.57. The highest BCUT2D eigenvalue weighted by molar-refractivity contribution is 5.95. The van der Waals surface area contributed by atoms with Crippen LogP contribution in [0.3, 0.4) is 0 Å². The summed E-state index contributed by atoms with van der Waals surface area (Å²) in [5.74, 6) is 0.549. The Hall–Kier alpha value is -3.27. The lowest BCUT2D eigenvalue weighted by Crippen LogP contribution is -2.62. The highest BCUT2D eigenvalue weighted by atomic mass is 16.7. The van der Waals surface area contributed by atoms with Crippen molar-refractivity contribution >= 4 is 17.8 Å². The maximum atomic E-state index is 13.9. The first-order chi connectivity index (χ1) is 20.9. The minimum atomic E-state index is -0.713. The number of nitrogens with zero attached hydrogens (tertiary/aromatic N) is 1. The Balaban J connectivity index is 1.29. The molecular weight excluding hydrogens is 558 g/mol. The molecule has 0 radical (unpaired) electrons. The second-order valence-corrected chi connectivity index (χ2v) is 13.6. The summed E-state index contributed by atoms with van der Waals surface area (Å²) in [6.45, 7) is 11.2. The van der Waals surface area contributed by atoms with E-state index in [1.807, 2.05) is 49.4 Å². The molecule has 2 aromatic carbocycles. The Morgan fingerprint density at radius 3 is 2.45 bits per heavy atom. The number of hydrogen-bond acceptors (Lipinski definition) is 7. The quantitative estimate of drug-likeness (QED) is 0.345. The van der Waals surface area contributed by atoms with Crippen molar-refractivity contribution in [3.8, 4) is 11.1 Å². The van der Waals surface area contributed by atoms with E-state index in [1.54, 1.807) is 18.1 Å². The van der Waals surface area contributed by atoms with Gasteiger partial charge in [-0.15, -0.1) is 0 Å². The standard InChI is InChI=1S/C35H47N3O6/c1-20-28-17-27(35(28,4)5)18-29(20)37-34(42)32-31(21(2)39)22(3)44-38(32)19-23-9-7-10-24(15-23)25-11-8-12-26(16-25)33(41)36-14-13-30(40)43-6/h7-12,15-16,20-22,27-29,31-32,39H,13-14,17-19H2,1-6H3,(H,36,41)(H,37,42)/t20-,21-,22-,27+,28-,29-,31+,32-/m0/s1. The average molecular weight is 606 g/mol. The molecule has 1 saturated heterocycles. The van der Waals surface area contributed by atoms with Gasteiger partial charge in [0.1, 0.15) is 6.04 Å². The van der Waals surface area contributed by atoms with Crippen LogP contribution < -0.4 is 10.6 Å². The number of aliphatic hydroxyl groups is 1. The molecule has 3 N–H and O–H groups in total. The molecule has 0 spiro atoms. The molecule has 0 unspecified atom stereocenters. The third kappa shape index (κ3) is 6.41. The molecule has 44 heavy (non-hydrogen) atoms. The number of amides is 2. The van der Waals surface area contributed by atoms with E-state index in [2.05, 4.69) is 36.1 Å². The van der Waals surface area contributed by atoms with Gasteiger partial charge in [0.2, 0.25) is 5.91 Å². The monoisotopic (exact) mass is 605 g/mol. The van der Waals surface area contributed by atoms with Crippen LogP contribution in [0.5, 0.6) is 0 Å². The van der Waals surface area contributed by atoms with E-state index in [0.29, 0.717) is 35.3 Å². The molecule has 3 saturated carbocycles. The predicted molar refractivity (Wildman–Crippen MR) is 167 cm³/mol. The molecule has 9 nitrogen and oxygen atoms in total. The zero-order chi connectivity index (χ0) is 31.8. The number of carbonyl (C=O) groups excluding carboxylic acids is 3. The van der Waals surface area contributed by atoms with Gasteiger partial charge in [-0.25, -0.2) is 0 Å². The Labute approximate surface area is 260 Å². The summed E-state index contributed by atoms with van der Waals surface area (Å²) in [7, 11) is 1.32. The summed E-state index contributed by atoms with van der Waals surface area (Å²) in [6, 6.07) is 14.8. The van der Waals surface area contributed by atoms with Crippen LogP contribution in [0.2, 0.25) is 0 Å². The van der Waals surface area contributed by atoms with Gasteiger partial charge >= 0.3 is 5.97 Å². The van der Waals surface area contributed by atoms with Crippen LogP contribution >= 0.6 is 0 Å². The molecule has 3 aliphatic carbocycles. The third-order valence-corrected chi connectivity index (χ3v) is 10.6. The Kier molecular flexibility index (Phi) is 9.49. The highest BCUT2D eigenvalue weighted by Crippen LogP contribution is 2.61. The molecular formula is C35H47N3O6. The largest absolute Gasteiger partial charge is 0.469 e. The van der Waals surface area contributed by atoms with Crippen molar-refractivity contribution in [1.82, 2.24) is 15.7 Å². The number of benzene rings is 2. The Bertz CT molecular complexity index is 1380. The van der Waals surface area contributed by atoms with Gasteiger partial charge in [-0.3, -0.25) is 19.2 Å². The molecule has 238 valence electrons. The SMILES string of the molecule is COC(=O)CCNC(=O)c1cccc(-c2cccc(CN3O[C@@H](C)[C@@H]([C@H](C)O)[C@H]3C(=O)N[C@H]3C[C@H]4C[C@@H]([C@@H]3C)C4(C)C)c2)c1. The summed E-state index contributed by atoms with van der Waals surface area (Å²) >= 11 is 0. The molecule has 0 aromatic heterocycles. The molecule has 4 aliphatic rings. The fourth-order valence-electron chi connectivity index (χ4n) is 7.86. The first-order valence-corrected chi connectivity index (χ1v) is 15.9. The van der Waals surface area contributed by atoms with Crippen LogP contribution in [-0.2, 0) is 25.7 Å². The number of methoxy groups -OCH3 is 1. The lowest BCUT2D eigenvalue weighted by atomic mass is 9.45. The Morgan fingerprint density at radius 2 is 1.80 bits per heavy atom. The van der Waals surface area contributed by atoms with Crippen molar-refractivity contribution in [2.24, 2.45) is 29.1 Å². The van der Waals surface area contributed by atoms with Crippen LogP contribution in [0.4, 0.5) is 0 Å². The number of ether oxygens (including phenoxy) is 1. The van der Waals surface area contributed by atoms with Crippen LogP contribution in [-0.4, -0.2) is 65.9 Å². The van der Waals surface area contributed by atoms with Gasteiger partial charge in [-0.05, 0) is 84.7 Å². The smallest absolute Gasteiger partial charge is 0.307 e. The molecule has 1 heterocycles. The molecule has 6 rings (SSSR count). The third-order valence-electron chi connectivity index (χ3n) is 10.6. The van der Waals surface area contributed by atoms with Crippen molar-refractivity contribution in [3.63, 3.8) is 0 Å². The number of rotatable bonds is 10. The molecule has 2 amide bonds. The van der Waals surface area contributed by atoms with Crippen LogP contribution in [0.25, 0.3) is 11.1 Å². The summed E-state index contributed by atoms with van der Waals surface area (Å²) in [5, 5.41) is 18.6. The van der Waals surface area contributed by atoms with E-state index in [4.69, 9.17) is 4.84 Å². The zero-order valence-corrected chi connectivity index (χ0v) is 26.7. The second kappa shape index (κ2) is 13.0. The number of aliphatic hydroxyl groups excluding tert-OH is 1. The lowest BCUT2D eigenvalue weighted by molar-refractivity contribution is -0.174. The molecule has 2 aromatic rings. The molecule has 2 bridgehead atoms. The maximum absolute atomic E-state index is 13.9. The number of fused-ring (bicyclic) bond motifs is 2. The van der Waals surface area contributed by atoms with Crippen molar-refractivity contribution in [3.05, 3.63) is 59.7 Å². The summed E-state index contributed by atoms with van der Waals surface area (Å²) < 4.78 is 4.63. The number of hydroxylamine groups is 2. The number of nitrogens with one attached hydrogen (secondary N) is 2. The first kappa shape index (κ1) is 32.1. The van der Waals surface area contributed by atoms with E-state index in [1.165, 1.54) is 13.5 Å². The summed E-state index contributed by atoms with van der Waals surface area (Å²) in [6.07, 6.45) is 1.30. The van der Waals surface area contributed by atoms with Crippen molar-refractivity contribution in [2.45, 2.75) is 84.7 Å². The van der Waals surface area contributed by atoms with E-state index in [-0.39, 0.29) is 48.8 Å². The topological polar surface area (TPSA) is 117 Å². The van der Waals surface area contributed by atoms with Crippen LogP contribution in [0, 0.1) is 29.1 Å². The fourth-order valence-corrected chi connectivity index (χ4v) is 7.86. The van der Waals surface area contributed by atoms with Crippen molar-refractivity contribution in [2.75, 3.05) is 13.7 Å². The van der Waals surface area contributed by atoms with E-state index in [0.717, 1.165) is 23.1 Å². The molecule has 8 atom stereocenters. The van der Waals surface area contributed by atoms with E-state index >= 15 is 0 Å². The van der Waals surface area contributed by atoms with Gasteiger partial charge in [0, 0.05) is 24.1 Å². The van der Waals surface area contributed by atoms with Crippen molar-refractivity contribution in [1.29, 1.82) is 0 Å². The Morgan fingerprint density at radius 1 is 1.09 bits per heavy atom. The minimum absolute atomic E-state index is 0.0849. The van der Waals surface area contributed by atoms with E-state index < -0.39 is 12.1 Å². The zero-order valence-electron chi connectivity index (χ0n) is 26.7. The summed E-state index contributed by atoms with van der Waals surface area (Å²) in [5.41, 5.74) is 3.56. The van der Waals surface area contributed by atoms with Gasteiger partial charge in [-0.1, -0.05) is 51.1 Å². The predicted octanol–water partition coefficient (Wildman–Crippen LogP) is 4.33. The van der Waals surface area contributed by atoms with Gasteiger partial charge < -0.3 is 20.5 Å². The number of hydrogen-bond donors (Lipinski definition) is 3. The van der Waals surface area contributed by atoms with Gasteiger partial charge in [0.15, 0.2) is 0 Å². The minimum Gasteiger partial charge on any atom is -0.469 e. The molecule has 1 aliphatic heterocycles. The number of carbonyl (C=O) groups is 3. The average Bonchev–Trinajstić information content (AvgIpc) is 3.33. The van der Waals surface area contributed by atoms with Gasteiger partial charge in [0.05, 0.1) is 32.3 Å². The van der Waals surface area contributed by atoms with Gasteiger partial charge in [0.25, 0.3) is 5.91 Å². The normalized spacial score (nSPS) is 29.8. The molecule has 9 heteroatoms. The first-order valence-electron chi connectivity index (χ1n) is 15.9. The van der Waals surface area contributed by atoms with Crippen LogP contribution in [0.1, 0.15) is 69.8 Å². The van der Waals surface area contributed by atoms with Crippen molar-refractivity contribution < 1.29 is 29.1 Å². The lowest BCUT2D eigenvalue weighted by Gasteiger charge is -2.62.